The van der Waals surface area contributed by atoms with Crippen molar-refractivity contribution in [3.63, 3.8) is 0 Å². The van der Waals surface area contributed by atoms with E-state index in [-0.39, 0.29) is 16.8 Å². The second-order valence-electron chi connectivity index (χ2n) is 9.59. The summed E-state index contributed by atoms with van der Waals surface area (Å²) in [7, 11) is 0. The summed E-state index contributed by atoms with van der Waals surface area (Å²) in [5, 5.41) is 9.53. The van der Waals surface area contributed by atoms with Crippen molar-refractivity contribution in [2.24, 2.45) is 0 Å². The number of carboxylic acid groups (broad SMARTS) is 1. The highest BCUT2D eigenvalue weighted by Crippen LogP contribution is 2.25. The summed E-state index contributed by atoms with van der Waals surface area (Å²) in [6.45, 7) is 0.939. The molecule has 5 aromatic rings. The van der Waals surface area contributed by atoms with E-state index in [0.29, 0.717) is 29.8 Å². The topological polar surface area (TPSA) is 90.5 Å². The van der Waals surface area contributed by atoms with Crippen LogP contribution in [0.1, 0.15) is 46.8 Å². The van der Waals surface area contributed by atoms with Crippen molar-refractivity contribution < 1.29 is 14.6 Å². The van der Waals surface area contributed by atoms with Gasteiger partial charge < -0.3 is 9.84 Å². The molecule has 0 saturated carbocycles. The number of para-hydroxylation sites is 1. The summed E-state index contributed by atoms with van der Waals surface area (Å²) in [4.78, 5) is 38.8. The number of rotatable bonds is 11. The Morgan fingerprint density at radius 3 is 1.95 bits per heavy atom. The minimum Gasteiger partial charge on any atom is -0.494 e. The molecule has 0 unspecified atom stereocenters. The van der Waals surface area contributed by atoms with Crippen molar-refractivity contribution in [2.75, 3.05) is 6.61 Å². The number of carbonyl (C=O) groups is 1. The summed E-state index contributed by atoms with van der Waals surface area (Å²) >= 11 is 0. The lowest BCUT2D eigenvalue weighted by atomic mass is 9.98. The number of hydrogen-bond acceptors (Lipinski definition) is 4. The van der Waals surface area contributed by atoms with E-state index in [4.69, 9.17) is 9.84 Å². The van der Waals surface area contributed by atoms with Gasteiger partial charge in [-0.2, -0.15) is 0 Å². The predicted octanol–water partition coefficient (Wildman–Crippen LogP) is 5.75. The van der Waals surface area contributed by atoms with Crippen molar-refractivity contribution in [1.82, 2.24) is 9.13 Å². The van der Waals surface area contributed by atoms with Gasteiger partial charge in [-0.1, -0.05) is 72.8 Å². The quantitative estimate of drug-likeness (QED) is 0.218. The molecule has 0 aliphatic carbocycles. The maximum absolute atomic E-state index is 14.0. The van der Waals surface area contributed by atoms with E-state index in [9.17, 15) is 14.4 Å². The molecular formula is C33H30N2O5. The van der Waals surface area contributed by atoms with Crippen LogP contribution in [0.5, 0.6) is 5.75 Å². The Kier molecular flexibility index (Phi) is 8.21. The van der Waals surface area contributed by atoms with Crippen molar-refractivity contribution in [1.29, 1.82) is 0 Å². The molecule has 0 bridgehead atoms. The fourth-order valence-electron chi connectivity index (χ4n) is 4.98. The maximum Gasteiger partial charge on any atom is 0.335 e. The molecule has 1 aromatic heterocycles. The van der Waals surface area contributed by atoms with Crippen LogP contribution in [0.4, 0.5) is 0 Å². The normalized spacial score (nSPS) is 11.1. The summed E-state index contributed by atoms with van der Waals surface area (Å²) in [6.07, 6.45) is 2.31. The standard InChI is InChI=1S/C33H30N2O5/c36-31-28-16-8-9-17-29(28)34(22-10-3-11-23-40-27-20-18-26(19-21-27)32(37)38)33(39)35(31)30(24-12-4-1-5-13-24)25-14-6-2-7-15-25/h1-2,4-9,12-21,30H,3,10-11,22-23H2,(H,37,38). The van der Waals surface area contributed by atoms with Crippen LogP contribution in [-0.4, -0.2) is 26.8 Å². The van der Waals surface area contributed by atoms with Gasteiger partial charge in [0.05, 0.1) is 29.1 Å². The van der Waals surface area contributed by atoms with Gasteiger partial charge in [-0.3, -0.25) is 9.36 Å². The van der Waals surface area contributed by atoms with E-state index in [0.717, 1.165) is 30.4 Å². The Morgan fingerprint density at radius 1 is 0.725 bits per heavy atom. The third-order valence-corrected chi connectivity index (χ3v) is 6.97. The predicted molar refractivity (Wildman–Crippen MR) is 155 cm³/mol. The van der Waals surface area contributed by atoms with E-state index in [1.54, 1.807) is 22.8 Å². The van der Waals surface area contributed by atoms with Gasteiger partial charge in [-0.05, 0) is 66.8 Å². The number of carboxylic acids is 1. The summed E-state index contributed by atoms with van der Waals surface area (Å²) in [6, 6.07) is 32.3. The maximum atomic E-state index is 14.0. The molecule has 0 radical (unpaired) electrons. The van der Waals surface area contributed by atoms with Gasteiger partial charge in [0.15, 0.2) is 0 Å². The first-order chi connectivity index (χ1) is 19.5. The lowest BCUT2D eigenvalue weighted by Crippen LogP contribution is -2.43. The van der Waals surface area contributed by atoms with Crippen LogP contribution in [0.25, 0.3) is 10.9 Å². The van der Waals surface area contributed by atoms with Crippen molar-refractivity contribution in [3.05, 3.63) is 147 Å². The Morgan fingerprint density at radius 2 is 1.32 bits per heavy atom. The molecule has 0 atom stereocenters. The largest absolute Gasteiger partial charge is 0.494 e. The Labute approximate surface area is 231 Å². The molecule has 7 heteroatoms. The van der Waals surface area contributed by atoms with Gasteiger partial charge in [-0.15, -0.1) is 0 Å². The van der Waals surface area contributed by atoms with Gasteiger partial charge in [-0.25, -0.2) is 14.2 Å². The van der Waals surface area contributed by atoms with Gasteiger partial charge in [0, 0.05) is 6.54 Å². The van der Waals surface area contributed by atoms with Crippen LogP contribution < -0.4 is 16.0 Å². The number of ether oxygens (including phenoxy) is 1. The van der Waals surface area contributed by atoms with Gasteiger partial charge >= 0.3 is 11.7 Å². The van der Waals surface area contributed by atoms with E-state index in [1.165, 1.54) is 16.7 Å². The summed E-state index contributed by atoms with van der Waals surface area (Å²) < 4.78 is 8.84. The number of hydrogen-bond donors (Lipinski definition) is 1. The molecule has 40 heavy (non-hydrogen) atoms. The number of benzene rings is 4. The number of nitrogens with zero attached hydrogens (tertiary/aromatic N) is 2. The fraction of sp³-hybridized carbons (Fsp3) is 0.182. The molecule has 0 fully saturated rings. The van der Waals surface area contributed by atoms with Crippen LogP contribution in [0.2, 0.25) is 0 Å². The monoisotopic (exact) mass is 534 g/mol. The molecule has 1 N–H and O–H groups in total. The lowest BCUT2D eigenvalue weighted by molar-refractivity contribution is 0.0697. The summed E-state index contributed by atoms with van der Waals surface area (Å²) in [5.41, 5.74) is 1.93. The molecule has 4 aromatic carbocycles. The van der Waals surface area contributed by atoms with Crippen molar-refractivity contribution >= 4 is 16.9 Å². The summed E-state index contributed by atoms with van der Waals surface area (Å²) in [5.74, 6) is -0.355. The number of fused-ring (bicyclic) bond motifs is 1. The van der Waals surface area contributed by atoms with Crippen LogP contribution in [-0.2, 0) is 6.54 Å². The van der Waals surface area contributed by atoms with Crippen LogP contribution in [0.15, 0.2) is 119 Å². The Balaban J connectivity index is 1.39. The van der Waals surface area contributed by atoms with E-state index < -0.39 is 12.0 Å². The van der Waals surface area contributed by atoms with E-state index >= 15 is 0 Å². The first-order valence-electron chi connectivity index (χ1n) is 13.3. The molecule has 0 amide bonds. The minimum atomic E-state index is -0.973. The highest BCUT2D eigenvalue weighted by molar-refractivity contribution is 5.87. The zero-order chi connectivity index (χ0) is 27.9. The SMILES string of the molecule is O=C(O)c1ccc(OCCCCCn2c(=O)n(C(c3ccccc3)c3ccccc3)c(=O)c3ccccc32)cc1. The molecule has 202 valence electrons. The van der Waals surface area contributed by atoms with Crippen LogP contribution >= 0.6 is 0 Å². The molecule has 0 spiro atoms. The van der Waals surface area contributed by atoms with E-state index in [2.05, 4.69) is 0 Å². The minimum absolute atomic E-state index is 0.216. The number of unbranched alkanes of at least 4 members (excludes halogenated alkanes) is 2. The zero-order valence-corrected chi connectivity index (χ0v) is 22.0. The van der Waals surface area contributed by atoms with Crippen LogP contribution in [0, 0.1) is 0 Å². The Hall–Kier alpha value is -4.91. The first-order valence-corrected chi connectivity index (χ1v) is 13.3. The zero-order valence-electron chi connectivity index (χ0n) is 22.0. The van der Waals surface area contributed by atoms with Crippen molar-refractivity contribution in [3.8, 4) is 5.75 Å². The number of aryl methyl sites for hydroxylation is 1. The van der Waals surface area contributed by atoms with Gasteiger partial charge in [0.25, 0.3) is 5.56 Å². The third kappa shape index (κ3) is 5.73. The second kappa shape index (κ2) is 12.3. The average molecular weight is 535 g/mol. The molecule has 1 heterocycles. The van der Waals surface area contributed by atoms with Gasteiger partial charge in [0.2, 0.25) is 0 Å². The Bertz CT molecular complexity index is 1670. The van der Waals surface area contributed by atoms with Crippen molar-refractivity contribution in [2.45, 2.75) is 31.8 Å². The molecule has 0 aliphatic heterocycles. The number of aromatic nitrogens is 2. The highest BCUT2D eigenvalue weighted by Gasteiger charge is 2.23. The second-order valence-corrected chi connectivity index (χ2v) is 9.59. The lowest BCUT2D eigenvalue weighted by Gasteiger charge is -2.23. The average Bonchev–Trinajstić information content (AvgIpc) is 2.99. The molecule has 5 rings (SSSR count). The third-order valence-electron chi connectivity index (χ3n) is 6.97. The van der Waals surface area contributed by atoms with Gasteiger partial charge in [0.1, 0.15) is 5.75 Å². The molecule has 0 saturated heterocycles. The molecule has 7 nitrogen and oxygen atoms in total. The fourth-order valence-corrected chi connectivity index (χ4v) is 4.98. The smallest absolute Gasteiger partial charge is 0.335 e. The highest BCUT2D eigenvalue weighted by atomic mass is 16.5. The molecule has 0 aliphatic rings. The number of aromatic carboxylic acids is 1. The van der Waals surface area contributed by atoms with E-state index in [1.807, 2.05) is 78.9 Å². The van der Waals surface area contributed by atoms with Crippen LogP contribution in [0.3, 0.4) is 0 Å². The molecular weight excluding hydrogens is 504 g/mol. The first kappa shape index (κ1) is 26.7.